The molecule has 0 N–H and O–H groups in total. The largest absolute Gasteiger partial charge is 0.444 e. The maximum Gasteiger partial charge on any atom is 0.410 e. The number of rotatable bonds is 8. The van der Waals surface area contributed by atoms with Crippen LogP contribution in [0.4, 0.5) is 9.18 Å². The predicted molar refractivity (Wildman–Crippen MR) is 199 cm³/mol. The minimum Gasteiger partial charge on any atom is -0.444 e. The molecule has 2 bridgehead atoms. The van der Waals surface area contributed by atoms with Crippen molar-refractivity contribution < 1.29 is 18.7 Å². The van der Waals surface area contributed by atoms with Crippen LogP contribution in [-0.2, 0) is 22.4 Å². The molecule has 3 aliphatic rings. The fourth-order valence-corrected chi connectivity index (χ4v) is 8.47. The summed E-state index contributed by atoms with van der Waals surface area (Å²) in [6.07, 6.45) is 3.59. The van der Waals surface area contributed by atoms with Crippen molar-refractivity contribution in [3.8, 4) is 17.2 Å². The van der Waals surface area contributed by atoms with Crippen LogP contribution in [0.25, 0.3) is 43.8 Å². The zero-order valence-electron chi connectivity index (χ0n) is 30.2. The summed E-state index contributed by atoms with van der Waals surface area (Å²) < 4.78 is 25.5. The molecule has 51 heavy (non-hydrogen) atoms. The number of aryl methyl sites for hydroxylation is 3. The number of hydrogen-bond acceptors (Lipinski definition) is 7. The highest BCUT2D eigenvalue weighted by atomic mass is 32.2. The fourth-order valence-electron chi connectivity index (χ4n) is 7.95. The van der Waals surface area contributed by atoms with E-state index in [0.29, 0.717) is 46.7 Å². The Morgan fingerprint density at radius 2 is 1.86 bits per heavy atom. The van der Waals surface area contributed by atoms with Crippen LogP contribution in [0.15, 0.2) is 47.5 Å². The van der Waals surface area contributed by atoms with Crippen molar-refractivity contribution in [2.75, 3.05) is 26.9 Å². The van der Waals surface area contributed by atoms with Crippen LogP contribution in [-0.4, -0.2) is 74.9 Å². The molecule has 2 saturated heterocycles. The summed E-state index contributed by atoms with van der Waals surface area (Å²) in [4.78, 5) is 39.7. The van der Waals surface area contributed by atoms with E-state index in [2.05, 4.69) is 16.7 Å². The minimum atomic E-state index is -0.633. The lowest BCUT2D eigenvalue weighted by atomic mass is 9.79. The van der Waals surface area contributed by atoms with Crippen molar-refractivity contribution in [1.29, 1.82) is 5.26 Å². The smallest absolute Gasteiger partial charge is 0.410 e. The lowest BCUT2D eigenvalue weighted by molar-refractivity contribution is -0.128. The van der Waals surface area contributed by atoms with Crippen LogP contribution in [0.3, 0.4) is 0 Å². The Morgan fingerprint density at radius 1 is 1.10 bits per heavy atom. The number of carbonyl (C=O) groups excluding carboxylic acids is 2. The summed E-state index contributed by atoms with van der Waals surface area (Å²) in [6, 6.07) is 16.1. The number of nitrogens with zero attached hydrogens (tertiary/aromatic N) is 6. The Bertz CT molecular complexity index is 2270. The van der Waals surface area contributed by atoms with Crippen LogP contribution in [0.2, 0.25) is 0 Å². The zero-order valence-corrected chi connectivity index (χ0v) is 31.0. The molecule has 9 nitrogen and oxygen atoms in total. The first-order chi connectivity index (χ1) is 24.3. The highest BCUT2D eigenvalue weighted by Gasteiger charge is 2.56. The van der Waals surface area contributed by atoms with E-state index in [4.69, 9.17) is 14.7 Å². The molecule has 0 radical (unpaired) electrons. The van der Waals surface area contributed by atoms with Gasteiger partial charge in [0.1, 0.15) is 27.5 Å². The van der Waals surface area contributed by atoms with Crippen LogP contribution in [0.1, 0.15) is 63.0 Å². The first-order valence-electron chi connectivity index (χ1n) is 17.5. The molecule has 3 aromatic carbocycles. The highest BCUT2D eigenvalue weighted by molar-refractivity contribution is 7.98. The van der Waals surface area contributed by atoms with Crippen molar-refractivity contribution in [2.24, 2.45) is 5.92 Å². The molecule has 4 heterocycles. The minimum absolute atomic E-state index is 0.0199. The molecule has 2 aromatic heterocycles. The number of imidazole rings is 1. The Hall–Kier alpha value is -4.69. The molecule has 2 amide bonds. The molecule has 3 atom stereocenters. The van der Waals surface area contributed by atoms with Gasteiger partial charge in [0.15, 0.2) is 5.82 Å². The zero-order chi connectivity index (χ0) is 36.4. The first kappa shape index (κ1) is 34.7. The second-order valence-electron chi connectivity index (χ2n) is 15.0. The summed E-state index contributed by atoms with van der Waals surface area (Å²) in [7, 11) is 3.47. The van der Waals surface area contributed by atoms with Gasteiger partial charge in [0.05, 0.1) is 23.7 Å². The number of amides is 2. The van der Waals surface area contributed by atoms with Crippen LogP contribution in [0, 0.1) is 30.0 Å². The second kappa shape index (κ2) is 13.1. The van der Waals surface area contributed by atoms with Crippen LogP contribution in [0.5, 0.6) is 0 Å². The third-order valence-electron chi connectivity index (χ3n) is 10.2. The molecule has 0 spiro atoms. The van der Waals surface area contributed by atoms with Crippen LogP contribution < -0.4 is 0 Å². The van der Waals surface area contributed by atoms with Gasteiger partial charge in [0, 0.05) is 56.8 Å². The van der Waals surface area contributed by atoms with Gasteiger partial charge >= 0.3 is 6.09 Å². The van der Waals surface area contributed by atoms with E-state index < -0.39 is 11.4 Å². The van der Waals surface area contributed by atoms with Gasteiger partial charge in [-0.05, 0) is 80.3 Å². The van der Waals surface area contributed by atoms with E-state index in [1.165, 1.54) is 11.8 Å². The standard InChI is InChI=1S/C40H43FN6O3S/c1-22-17-23-11-8-9-13-26(23)27(18-22)32-24(12-10-16-42)19-28-34(33(32)41)44-38(51-7)35-37(28)47(30(43-35)14-15-31(48)45(5)6)36-25-20-29(36)46(21-25)39(49)50-40(2,3)4/h8-9,11,13,17-19,25,29,36H,10,12,14-15,20-21H2,1-7H3. The van der Waals surface area contributed by atoms with Gasteiger partial charge < -0.3 is 19.1 Å². The lowest BCUT2D eigenvalue weighted by Crippen LogP contribution is -2.44. The van der Waals surface area contributed by atoms with Crippen LogP contribution >= 0.6 is 11.8 Å². The first-order valence-corrected chi connectivity index (χ1v) is 18.7. The number of aromatic nitrogens is 3. The topological polar surface area (TPSA) is 104 Å². The molecule has 11 heteroatoms. The van der Waals surface area contributed by atoms with E-state index in [-0.39, 0.29) is 48.4 Å². The van der Waals surface area contributed by atoms with Crippen molar-refractivity contribution in [2.45, 2.75) is 82.5 Å². The Labute approximate surface area is 301 Å². The molecule has 3 fully saturated rings. The molecule has 1 aliphatic carbocycles. The van der Waals surface area contributed by atoms with Gasteiger partial charge in [-0.2, -0.15) is 5.26 Å². The van der Waals surface area contributed by atoms with E-state index in [0.717, 1.165) is 39.4 Å². The third kappa shape index (κ3) is 6.07. The van der Waals surface area contributed by atoms with Gasteiger partial charge in [-0.15, -0.1) is 11.8 Å². The molecular weight excluding hydrogens is 664 g/mol. The normalized spacial score (nSPS) is 18.3. The number of nitriles is 1. The lowest BCUT2D eigenvalue weighted by Gasteiger charge is -2.39. The van der Waals surface area contributed by atoms with Crippen molar-refractivity contribution in [1.82, 2.24) is 24.3 Å². The van der Waals surface area contributed by atoms with E-state index >= 15 is 4.39 Å². The van der Waals surface area contributed by atoms with Gasteiger partial charge in [0.2, 0.25) is 5.91 Å². The predicted octanol–water partition coefficient (Wildman–Crippen LogP) is 8.23. The Kier molecular flexibility index (Phi) is 8.95. The average molecular weight is 707 g/mol. The Morgan fingerprint density at radius 3 is 2.57 bits per heavy atom. The number of halogens is 1. The quantitative estimate of drug-likeness (QED) is 0.150. The van der Waals surface area contributed by atoms with E-state index in [1.54, 1.807) is 19.0 Å². The van der Waals surface area contributed by atoms with Gasteiger partial charge in [-0.1, -0.05) is 36.4 Å². The number of carbonyl (C=O) groups is 2. The molecule has 3 unspecified atom stereocenters. The fraction of sp³-hybridized carbons (Fsp3) is 0.425. The van der Waals surface area contributed by atoms with Crippen molar-refractivity contribution >= 4 is 56.5 Å². The maximum atomic E-state index is 17.5. The van der Waals surface area contributed by atoms with Gasteiger partial charge in [-0.3, -0.25) is 4.79 Å². The van der Waals surface area contributed by atoms with E-state index in [1.807, 2.05) is 75.2 Å². The molecule has 8 rings (SSSR count). The second-order valence-corrected chi connectivity index (χ2v) is 15.8. The molecule has 1 saturated carbocycles. The van der Waals surface area contributed by atoms with Crippen molar-refractivity contribution in [3.05, 3.63) is 65.2 Å². The monoisotopic (exact) mass is 706 g/mol. The summed E-state index contributed by atoms with van der Waals surface area (Å²) in [5, 5.41) is 12.8. The number of ether oxygens (including phenoxy) is 1. The van der Waals surface area contributed by atoms with Gasteiger partial charge in [-0.25, -0.2) is 19.2 Å². The third-order valence-corrected chi connectivity index (χ3v) is 10.9. The SMILES string of the molecule is CSc1nc2c(F)c(-c3cc(C)cc4ccccc34)c(CCC#N)cc2c2c1nc(CCC(=O)N(C)C)n2C1C2CC1N(C(=O)OC(C)(C)C)C2. The Balaban J connectivity index is 1.49. The highest BCUT2D eigenvalue weighted by Crippen LogP contribution is 2.52. The molecular formula is C40H43FN6O3S. The van der Waals surface area contributed by atoms with Gasteiger partial charge in [0.25, 0.3) is 0 Å². The summed E-state index contributed by atoms with van der Waals surface area (Å²) in [5.74, 6) is 0.402. The molecule has 2 aliphatic heterocycles. The number of hydrogen-bond donors (Lipinski definition) is 0. The molecule has 5 aromatic rings. The number of fused-ring (bicyclic) bond motifs is 5. The summed E-state index contributed by atoms with van der Waals surface area (Å²) in [6.45, 7) is 8.14. The van der Waals surface area contributed by atoms with Crippen molar-refractivity contribution in [3.63, 3.8) is 0 Å². The summed E-state index contributed by atoms with van der Waals surface area (Å²) >= 11 is 1.41. The number of benzene rings is 3. The summed E-state index contributed by atoms with van der Waals surface area (Å²) in [5.41, 5.74) is 3.96. The average Bonchev–Trinajstić information content (AvgIpc) is 3.78. The van der Waals surface area contributed by atoms with E-state index in [9.17, 15) is 14.9 Å². The molecule has 264 valence electrons. The maximum absolute atomic E-state index is 17.5. The number of thioether (sulfide) groups is 1. The number of pyridine rings is 1.